The molecular weight excluding hydrogens is 184 g/mol. The predicted octanol–water partition coefficient (Wildman–Crippen LogP) is 2.71. The maximum absolute atomic E-state index is 8.86. The van der Waals surface area contributed by atoms with Gasteiger partial charge in [0.25, 0.3) is 0 Å². The fraction of sp³-hybridized carbons (Fsp3) is 0.462. The van der Waals surface area contributed by atoms with Gasteiger partial charge in [-0.15, -0.1) is 0 Å². The van der Waals surface area contributed by atoms with E-state index in [-0.39, 0.29) is 0 Å². The minimum absolute atomic E-state index is 0.426. The van der Waals surface area contributed by atoms with Gasteiger partial charge in [0.05, 0.1) is 11.6 Å². The maximum atomic E-state index is 8.86. The molecule has 0 aliphatic carbocycles. The normalized spacial score (nSPS) is 18.1. The Kier molecular flexibility index (Phi) is 2.19. The van der Waals surface area contributed by atoms with E-state index in [2.05, 4.69) is 31.7 Å². The molecule has 1 fully saturated rings. The Labute approximate surface area is 91.1 Å². The Morgan fingerprint density at radius 1 is 1.33 bits per heavy atom. The number of anilines is 1. The highest BCUT2D eigenvalue weighted by molar-refractivity contribution is 5.59. The fourth-order valence-electron chi connectivity index (χ4n) is 2.18. The van der Waals surface area contributed by atoms with E-state index in [4.69, 9.17) is 5.26 Å². The highest BCUT2D eigenvalue weighted by atomic mass is 15.2. The van der Waals surface area contributed by atoms with Crippen molar-refractivity contribution in [1.29, 1.82) is 5.26 Å². The number of nitriles is 1. The van der Waals surface area contributed by atoms with Crippen molar-refractivity contribution in [3.05, 3.63) is 29.3 Å². The lowest BCUT2D eigenvalue weighted by Gasteiger charge is -2.48. The minimum atomic E-state index is 0.426. The van der Waals surface area contributed by atoms with Crippen molar-refractivity contribution < 1.29 is 0 Å². The van der Waals surface area contributed by atoms with Crippen molar-refractivity contribution in [2.45, 2.75) is 20.8 Å². The van der Waals surface area contributed by atoms with Crippen LogP contribution in [0.1, 0.15) is 25.0 Å². The molecule has 0 bridgehead atoms. The zero-order valence-corrected chi connectivity index (χ0v) is 9.54. The van der Waals surface area contributed by atoms with Crippen molar-refractivity contribution in [3.8, 4) is 6.07 Å². The van der Waals surface area contributed by atoms with Crippen LogP contribution in [0.2, 0.25) is 0 Å². The second kappa shape index (κ2) is 3.27. The van der Waals surface area contributed by atoms with E-state index in [1.807, 2.05) is 18.2 Å². The van der Waals surface area contributed by atoms with E-state index in [0.717, 1.165) is 18.7 Å². The van der Waals surface area contributed by atoms with Crippen LogP contribution >= 0.6 is 0 Å². The van der Waals surface area contributed by atoms with E-state index in [0.29, 0.717) is 5.41 Å². The molecule has 1 saturated heterocycles. The van der Waals surface area contributed by atoms with Gasteiger partial charge >= 0.3 is 0 Å². The van der Waals surface area contributed by atoms with E-state index >= 15 is 0 Å². The van der Waals surface area contributed by atoms with Crippen LogP contribution in [0.15, 0.2) is 18.2 Å². The van der Waals surface area contributed by atoms with Crippen molar-refractivity contribution in [1.82, 2.24) is 0 Å². The van der Waals surface area contributed by atoms with Crippen LogP contribution in [0, 0.1) is 23.7 Å². The number of rotatable bonds is 1. The molecule has 1 aromatic carbocycles. The summed E-state index contributed by atoms with van der Waals surface area (Å²) in [4.78, 5) is 2.34. The van der Waals surface area contributed by atoms with Crippen LogP contribution < -0.4 is 4.90 Å². The third-order valence-electron chi connectivity index (χ3n) is 2.92. The minimum Gasteiger partial charge on any atom is -0.370 e. The summed E-state index contributed by atoms with van der Waals surface area (Å²) in [5.41, 5.74) is 3.65. The van der Waals surface area contributed by atoms with Gasteiger partial charge in [0.1, 0.15) is 0 Å². The maximum Gasteiger partial charge on any atom is 0.0992 e. The first-order valence-electron chi connectivity index (χ1n) is 5.27. The highest BCUT2D eigenvalue weighted by Gasteiger charge is 2.34. The van der Waals surface area contributed by atoms with Crippen LogP contribution in [0.3, 0.4) is 0 Å². The van der Waals surface area contributed by atoms with Crippen LogP contribution in [-0.4, -0.2) is 13.1 Å². The second-order valence-electron chi connectivity index (χ2n) is 5.13. The van der Waals surface area contributed by atoms with Gasteiger partial charge < -0.3 is 4.90 Å². The molecule has 0 spiro atoms. The number of hydrogen-bond acceptors (Lipinski definition) is 2. The van der Waals surface area contributed by atoms with E-state index in [9.17, 15) is 0 Å². The summed E-state index contributed by atoms with van der Waals surface area (Å²) in [7, 11) is 0. The van der Waals surface area contributed by atoms with Gasteiger partial charge in [-0.3, -0.25) is 0 Å². The van der Waals surface area contributed by atoms with Crippen molar-refractivity contribution >= 4 is 5.69 Å². The van der Waals surface area contributed by atoms with Crippen LogP contribution in [0.25, 0.3) is 0 Å². The van der Waals surface area contributed by atoms with E-state index in [1.165, 1.54) is 11.3 Å². The van der Waals surface area contributed by atoms with Crippen molar-refractivity contribution in [2.24, 2.45) is 5.41 Å². The average molecular weight is 200 g/mol. The van der Waals surface area contributed by atoms with Gasteiger partial charge in [0, 0.05) is 18.8 Å². The zero-order valence-electron chi connectivity index (χ0n) is 9.54. The Hall–Kier alpha value is -1.49. The fourth-order valence-corrected chi connectivity index (χ4v) is 2.18. The summed E-state index contributed by atoms with van der Waals surface area (Å²) in [6.45, 7) is 8.81. The molecule has 2 nitrogen and oxygen atoms in total. The molecule has 1 aromatic rings. The number of nitrogens with zero attached hydrogens (tertiary/aromatic N) is 2. The summed E-state index contributed by atoms with van der Waals surface area (Å²) in [6, 6.07) is 8.09. The first-order chi connectivity index (χ1) is 7.02. The molecule has 15 heavy (non-hydrogen) atoms. The summed E-state index contributed by atoms with van der Waals surface area (Å²) >= 11 is 0. The highest BCUT2D eigenvalue weighted by Crippen LogP contribution is 2.35. The van der Waals surface area contributed by atoms with Crippen LogP contribution in [-0.2, 0) is 0 Å². The lowest BCUT2D eigenvalue weighted by molar-refractivity contribution is 0.276. The van der Waals surface area contributed by atoms with Crippen molar-refractivity contribution in [2.75, 3.05) is 18.0 Å². The van der Waals surface area contributed by atoms with Crippen LogP contribution in [0.5, 0.6) is 0 Å². The second-order valence-corrected chi connectivity index (χ2v) is 5.13. The van der Waals surface area contributed by atoms with Crippen molar-refractivity contribution in [3.63, 3.8) is 0 Å². The Morgan fingerprint density at radius 2 is 2.00 bits per heavy atom. The monoisotopic (exact) mass is 200 g/mol. The third-order valence-corrected chi connectivity index (χ3v) is 2.92. The summed E-state index contributed by atoms with van der Waals surface area (Å²) in [5.74, 6) is 0. The van der Waals surface area contributed by atoms with Gasteiger partial charge in [-0.2, -0.15) is 5.26 Å². The number of benzene rings is 1. The molecular formula is C13H16N2. The summed E-state index contributed by atoms with van der Waals surface area (Å²) < 4.78 is 0. The topological polar surface area (TPSA) is 27.0 Å². The molecule has 1 heterocycles. The molecule has 1 aliphatic heterocycles. The lowest BCUT2D eigenvalue weighted by Crippen LogP contribution is -2.53. The lowest BCUT2D eigenvalue weighted by atomic mass is 9.83. The quantitative estimate of drug-likeness (QED) is 0.697. The Balaban J connectivity index is 2.26. The first-order valence-corrected chi connectivity index (χ1v) is 5.27. The molecule has 0 unspecified atom stereocenters. The van der Waals surface area contributed by atoms with Gasteiger partial charge in [-0.1, -0.05) is 19.9 Å². The Bertz CT molecular complexity index is 419. The molecule has 0 atom stereocenters. The predicted molar refractivity (Wildman–Crippen MR) is 61.9 cm³/mol. The summed E-state index contributed by atoms with van der Waals surface area (Å²) in [6.07, 6.45) is 0. The largest absolute Gasteiger partial charge is 0.370 e. The van der Waals surface area contributed by atoms with Gasteiger partial charge in [-0.05, 0) is 30.0 Å². The van der Waals surface area contributed by atoms with Gasteiger partial charge in [-0.25, -0.2) is 0 Å². The smallest absolute Gasteiger partial charge is 0.0992 e. The molecule has 2 rings (SSSR count). The molecule has 0 saturated carbocycles. The molecule has 0 amide bonds. The molecule has 0 radical (unpaired) electrons. The van der Waals surface area contributed by atoms with E-state index in [1.54, 1.807) is 0 Å². The SMILES string of the molecule is Cc1ccc(C#N)cc1N1CC(C)(C)C1. The van der Waals surface area contributed by atoms with Crippen LogP contribution in [0.4, 0.5) is 5.69 Å². The summed E-state index contributed by atoms with van der Waals surface area (Å²) in [5, 5.41) is 8.86. The average Bonchev–Trinajstić information content (AvgIpc) is 2.15. The third kappa shape index (κ3) is 1.83. The number of aryl methyl sites for hydroxylation is 1. The molecule has 0 aromatic heterocycles. The Morgan fingerprint density at radius 3 is 2.53 bits per heavy atom. The molecule has 1 aliphatic rings. The van der Waals surface area contributed by atoms with E-state index < -0.39 is 0 Å². The molecule has 78 valence electrons. The molecule has 0 N–H and O–H groups in total. The zero-order chi connectivity index (χ0) is 11.1. The van der Waals surface area contributed by atoms with Gasteiger partial charge in [0.15, 0.2) is 0 Å². The van der Waals surface area contributed by atoms with Gasteiger partial charge in [0.2, 0.25) is 0 Å². The first kappa shape index (κ1) is 10.0. The standard InChI is InChI=1S/C13H16N2/c1-10-4-5-11(7-14)6-12(10)15-8-13(2,3)9-15/h4-6H,8-9H2,1-3H3. The molecule has 2 heteroatoms. The number of hydrogen-bond donors (Lipinski definition) is 0.